The highest BCUT2D eigenvalue weighted by Gasteiger charge is 2.31. The molecule has 27 heavy (non-hydrogen) atoms. The molecular weight excluding hydrogens is 342 g/mol. The molecule has 1 aliphatic carbocycles. The van der Waals surface area contributed by atoms with Crippen molar-refractivity contribution < 1.29 is 9.53 Å². The molecule has 1 saturated carbocycles. The van der Waals surface area contributed by atoms with Crippen LogP contribution in [0.2, 0.25) is 0 Å². The number of benzene rings is 1. The van der Waals surface area contributed by atoms with Gasteiger partial charge >= 0.3 is 0 Å². The molecule has 142 valence electrons. The van der Waals surface area contributed by atoms with Gasteiger partial charge in [-0.15, -0.1) is 5.10 Å². The maximum absolute atomic E-state index is 12.9. The zero-order chi connectivity index (χ0) is 18.2. The number of amides is 1. The van der Waals surface area contributed by atoms with E-state index in [-0.39, 0.29) is 11.9 Å². The third kappa shape index (κ3) is 3.43. The minimum atomic E-state index is 0.105. The molecule has 0 N–H and O–H groups in total. The lowest BCUT2D eigenvalue weighted by Crippen LogP contribution is -2.36. The number of anilines is 1. The summed E-state index contributed by atoms with van der Waals surface area (Å²) < 4.78 is 7.36. The first-order valence-corrected chi connectivity index (χ1v) is 9.92. The monoisotopic (exact) mass is 367 g/mol. The van der Waals surface area contributed by atoms with E-state index >= 15 is 0 Å². The fraction of sp³-hybridized carbons (Fsp3) is 0.550. The smallest absolute Gasteiger partial charge is 0.253 e. The van der Waals surface area contributed by atoms with E-state index in [1.807, 2.05) is 33.8 Å². The number of hydrogen-bond acceptors (Lipinski definition) is 5. The minimum absolute atomic E-state index is 0.105. The van der Waals surface area contributed by atoms with Crippen LogP contribution in [-0.2, 0) is 4.74 Å². The number of likely N-dealkylation sites (tertiary alicyclic amines) is 1. The van der Waals surface area contributed by atoms with Gasteiger partial charge in [0.25, 0.3) is 5.91 Å². The Morgan fingerprint density at radius 1 is 1.04 bits per heavy atom. The SMILES string of the molecule is O=C(c1ccc(N2CCOCC2)cc1)N1CCC(n2cc(C3CC3)nn2)C1. The number of morpholine rings is 1. The molecule has 3 fully saturated rings. The second-order valence-electron chi connectivity index (χ2n) is 7.74. The summed E-state index contributed by atoms with van der Waals surface area (Å²) in [7, 11) is 0. The normalized spacial score (nSPS) is 23.0. The van der Waals surface area contributed by atoms with E-state index in [9.17, 15) is 4.79 Å². The van der Waals surface area contributed by atoms with Crippen LogP contribution in [0.4, 0.5) is 5.69 Å². The van der Waals surface area contributed by atoms with Crippen LogP contribution in [0, 0.1) is 0 Å². The lowest BCUT2D eigenvalue weighted by molar-refractivity contribution is 0.0787. The highest BCUT2D eigenvalue weighted by molar-refractivity contribution is 5.94. The van der Waals surface area contributed by atoms with Gasteiger partial charge in [0.15, 0.2) is 0 Å². The highest BCUT2D eigenvalue weighted by atomic mass is 16.5. The van der Waals surface area contributed by atoms with Crippen LogP contribution < -0.4 is 4.90 Å². The summed E-state index contributed by atoms with van der Waals surface area (Å²) in [6, 6.07) is 8.22. The van der Waals surface area contributed by atoms with Gasteiger partial charge in [0.1, 0.15) is 0 Å². The van der Waals surface area contributed by atoms with Gasteiger partial charge in [-0.3, -0.25) is 4.79 Å². The molecule has 0 bridgehead atoms. The van der Waals surface area contributed by atoms with Crippen molar-refractivity contribution in [3.05, 3.63) is 41.7 Å². The molecule has 2 aromatic rings. The van der Waals surface area contributed by atoms with Crippen molar-refractivity contribution in [3.63, 3.8) is 0 Å². The van der Waals surface area contributed by atoms with Crippen molar-refractivity contribution in [2.24, 2.45) is 0 Å². The maximum Gasteiger partial charge on any atom is 0.253 e. The molecule has 1 aromatic carbocycles. The average Bonchev–Trinajstić information content (AvgIpc) is 3.26. The summed E-state index contributed by atoms with van der Waals surface area (Å²) >= 11 is 0. The van der Waals surface area contributed by atoms with Gasteiger partial charge in [-0.25, -0.2) is 4.68 Å². The quantitative estimate of drug-likeness (QED) is 0.828. The number of carbonyl (C=O) groups is 1. The fourth-order valence-electron chi connectivity index (χ4n) is 4.00. The number of rotatable bonds is 4. The third-order valence-corrected chi connectivity index (χ3v) is 5.84. The lowest BCUT2D eigenvalue weighted by Gasteiger charge is -2.29. The molecule has 1 amide bonds. The summed E-state index contributed by atoms with van der Waals surface area (Å²) in [5.41, 5.74) is 3.02. The molecule has 3 heterocycles. The standard InChI is InChI=1S/C20H25N5O2/c26-20(16-3-5-17(6-4-16)23-9-11-27-12-10-23)24-8-7-18(13-24)25-14-19(21-22-25)15-1-2-15/h3-6,14-15,18H,1-2,7-13H2. The first-order chi connectivity index (χ1) is 13.3. The Kier molecular flexibility index (Phi) is 4.32. The third-order valence-electron chi connectivity index (χ3n) is 5.84. The van der Waals surface area contributed by atoms with E-state index in [4.69, 9.17) is 4.74 Å². The zero-order valence-electron chi connectivity index (χ0n) is 15.5. The van der Waals surface area contributed by atoms with Crippen LogP contribution in [0.25, 0.3) is 0 Å². The second kappa shape index (κ2) is 6.96. The fourth-order valence-corrected chi connectivity index (χ4v) is 4.00. The molecule has 1 unspecified atom stereocenters. The number of hydrogen-bond donors (Lipinski definition) is 0. The highest BCUT2D eigenvalue weighted by Crippen LogP contribution is 2.39. The molecule has 1 aromatic heterocycles. The Balaban J connectivity index is 1.22. The van der Waals surface area contributed by atoms with Crippen molar-refractivity contribution in [3.8, 4) is 0 Å². The Hall–Kier alpha value is -2.41. The predicted molar refractivity (Wildman–Crippen MR) is 101 cm³/mol. The van der Waals surface area contributed by atoms with Crippen molar-refractivity contribution in [1.29, 1.82) is 0 Å². The maximum atomic E-state index is 12.9. The van der Waals surface area contributed by atoms with E-state index < -0.39 is 0 Å². The summed E-state index contributed by atoms with van der Waals surface area (Å²) in [6.45, 7) is 4.82. The van der Waals surface area contributed by atoms with Gasteiger partial charge in [-0.05, 0) is 43.5 Å². The van der Waals surface area contributed by atoms with Crippen LogP contribution in [0.15, 0.2) is 30.5 Å². The number of aromatic nitrogens is 3. The summed E-state index contributed by atoms with van der Waals surface area (Å²) in [5, 5.41) is 8.60. The summed E-state index contributed by atoms with van der Waals surface area (Å²) in [5.74, 6) is 0.719. The molecule has 3 aliphatic rings. The second-order valence-corrected chi connectivity index (χ2v) is 7.74. The minimum Gasteiger partial charge on any atom is -0.378 e. The Morgan fingerprint density at radius 3 is 2.56 bits per heavy atom. The van der Waals surface area contributed by atoms with E-state index in [1.165, 1.54) is 12.8 Å². The van der Waals surface area contributed by atoms with Crippen molar-refractivity contribution in [2.45, 2.75) is 31.2 Å². The van der Waals surface area contributed by atoms with Crippen LogP contribution in [0.3, 0.4) is 0 Å². The molecule has 2 saturated heterocycles. The van der Waals surface area contributed by atoms with Gasteiger partial charge in [0.05, 0.1) is 24.9 Å². The van der Waals surface area contributed by atoms with Crippen LogP contribution in [0.5, 0.6) is 0 Å². The molecule has 7 heteroatoms. The number of nitrogens with zero attached hydrogens (tertiary/aromatic N) is 5. The largest absolute Gasteiger partial charge is 0.378 e. The van der Waals surface area contributed by atoms with E-state index in [2.05, 4.69) is 21.4 Å². The molecule has 5 rings (SSSR count). The Bertz CT molecular complexity index is 808. The molecule has 7 nitrogen and oxygen atoms in total. The number of carbonyl (C=O) groups excluding carboxylic acids is 1. The average molecular weight is 367 g/mol. The predicted octanol–water partition coefficient (Wildman–Crippen LogP) is 2.08. The lowest BCUT2D eigenvalue weighted by atomic mass is 10.1. The molecule has 0 spiro atoms. The van der Waals surface area contributed by atoms with Gasteiger partial charge < -0.3 is 14.5 Å². The van der Waals surface area contributed by atoms with Gasteiger partial charge in [0, 0.05) is 49.5 Å². The van der Waals surface area contributed by atoms with Crippen LogP contribution in [0.1, 0.15) is 47.3 Å². The van der Waals surface area contributed by atoms with Crippen molar-refractivity contribution in [1.82, 2.24) is 19.9 Å². The van der Waals surface area contributed by atoms with Gasteiger partial charge in [0.2, 0.25) is 0 Å². The molecule has 1 atom stereocenters. The van der Waals surface area contributed by atoms with E-state index in [0.717, 1.165) is 56.2 Å². The topological polar surface area (TPSA) is 63.5 Å². The molecule has 2 aliphatic heterocycles. The van der Waals surface area contributed by atoms with Crippen molar-refractivity contribution >= 4 is 11.6 Å². The summed E-state index contributed by atoms with van der Waals surface area (Å²) in [6.07, 6.45) is 5.47. The molecular formula is C20H25N5O2. The molecule has 0 radical (unpaired) electrons. The first-order valence-electron chi connectivity index (χ1n) is 9.92. The zero-order valence-corrected chi connectivity index (χ0v) is 15.5. The summed E-state index contributed by atoms with van der Waals surface area (Å²) in [4.78, 5) is 17.1. The van der Waals surface area contributed by atoms with Crippen LogP contribution in [-0.4, -0.2) is 65.2 Å². The first kappa shape index (κ1) is 16.7. The van der Waals surface area contributed by atoms with E-state index in [0.29, 0.717) is 12.5 Å². The Labute approximate surface area is 158 Å². The van der Waals surface area contributed by atoms with Crippen LogP contribution >= 0.6 is 0 Å². The van der Waals surface area contributed by atoms with Gasteiger partial charge in [-0.2, -0.15) is 0 Å². The Morgan fingerprint density at radius 2 is 1.81 bits per heavy atom. The van der Waals surface area contributed by atoms with E-state index in [1.54, 1.807) is 0 Å². The number of ether oxygens (including phenoxy) is 1. The van der Waals surface area contributed by atoms with Gasteiger partial charge in [-0.1, -0.05) is 5.21 Å². The van der Waals surface area contributed by atoms with Crippen molar-refractivity contribution in [2.75, 3.05) is 44.3 Å².